The highest BCUT2D eigenvalue weighted by Crippen LogP contribution is 2.20. The number of aryl methyl sites for hydroxylation is 1. The lowest BCUT2D eigenvalue weighted by atomic mass is 10.0. The molecule has 4 rings (SSSR count). The van der Waals surface area contributed by atoms with Gasteiger partial charge in [-0.25, -0.2) is 12.7 Å². The molecule has 2 heterocycles. The lowest BCUT2D eigenvalue weighted by molar-refractivity contribution is 0.279. The molecule has 0 saturated carbocycles. The number of thiophene rings is 1. The summed E-state index contributed by atoms with van der Waals surface area (Å²) in [5, 5.41) is 6.58. The molecule has 1 saturated heterocycles. The van der Waals surface area contributed by atoms with Crippen LogP contribution in [0.15, 0.2) is 59.3 Å². The molecule has 0 atom stereocenters. The molecule has 1 aliphatic rings. The Morgan fingerprint density at radius 3 is 2.64 bits per heavy atom. The number of benzene rings is 2. The van der Waals surface area contributed by atoms with E-state index < -0.39 is 10.0 Å². The fraction of sp³-hybridized carbons (Fsp3) is 0.364. The third kappa shape index (κ3) is 4.63. The third-order valence-electron chi connectivity index (χ3n) is 5.44. The van der Waals surface area contributed by atoms with Crippen molar-refractivity contribution in [1.82, 2.24) is 9.21 Å². The van der Waals surface area contributed by atoms with Crippen molar-refractivity contribution in [3.63, 3.8) is 0 Å². The van der Waals surface area contributed by atoms with E-state index in [1.54, 1.807) is 15.6 Å². The maximum Gasteiger partial charge on any atom is 0.214 e. The molecule has 1 aromatic heterocycles. The van der Waals surface area contributed by atoms with Crippen molar-refractivity contribution in [2.24, 2.45) is 0 Å². The zero-order valence-corrected chi connectivity index (χ0v) is 17.6. The van der Waals surface area contributed by atoms with Crippen LogP contribution in [-0.4, -0.2) is 49.6 Å². The summed E-state index contributed by atoms with van der Waals surface area (Å²) in [4.78, 5) is 2.36. The molecule has 0 amide bonds. The maximum absolute atomic E-state index is 13.0. The first-order chi connectivity index (χ1) is 13.6. The minimum Gasteiger partial charge on any atom is -0.298 e. The van der Waals surface area contributed by atoms with E-state index in [1.807, 2.05) is 24.3 Å². The van der Waals surface area contributed by atoms with E-state index in [9.17, 15) is 8.42 Å². The molecule has 0 bridgehead atoms. The van der Waals surface area contributed by atoms with E-state index in [4.69, 9.17) is 0 Å². The van der Waals surface area contributed by atoms with Gasteiger partial charge in [0.25, 0.3) is 0 Å². The normalized spacial score (nSPS) is 17.0. The Balaban J connectivity index is 1.39. The molecule has 1 aliphatic heterocycles. The summed E-state index contributed by atoms with van der Waals surface area (Å²) in [6.07, 6.45) is 1.44. The monoisotopic (exact) mass is 414 g/mol. The molecule has 2 aromatic carbocycles. The Kier molecular flexibility index (Phi) is 6.11. The highest BCUT2D eigenvalue weighted by atomic mass is 32.2. The summed E-state index contributed by atoms with van der Waals surface area (Å²) in [5.74, 6) is 0.172. The smallest absolute Gasteiger partial charge is 0.214 e. The van der Waals surface area contributed by atoms with Crippen LogP contribution in [0.2, 0.25) is 0 Å². The number of fused-ring (bicyclic) bond motifs is 1. The fourth-order valence-electron chi connectivity index (χ4n) is 3.90. The predicted octanol–water partition coefficient (Wildman–Crippen LogP) is 3.98. The molecular weight excluding hydrogens is 388 g/mol. The molecule has 6 heteroatoms. The summed E-state index contributed by atoms with van der Waals surface area (Å²) in [7, 11) is -3.25. The summed E-state index contributed by atoms with van der Waals surface area (Å²) >= 11 is 1.71. The van der Waals surface area contributed by atoms with Crippen LogP contribution >= 0.6 is 11.3 Å². The largest absolute Gasteiger partial charge is 0.298 e. The number of sulfonamides is 1. The van der Waals surface area contributed by atoms with Gasteiger partial charge in [-0.3, -0.25) is 4.90 Å². The topological polar surface area (TPSA) is 40.6 Å². The van der Waals surface area contributed by atoms with E-state index in [0.29, 0.717) is 19.5 Å². The first-order valence-corrected chi connectivity index (χ1v) is 12.3. The third-order valence-corrected chi connectivity index (χ3v) is 8.04. The Morgan fingerprint density at radius 2 is 1.79 bits per heavy atom. The highest BCUT2D eigenvalue weighted by molar-refractivity contribution is 7.89. The summed E-state index contributed by atoms with van der Waals surface area (Å²) in [5.41, 5.74) is 2.42. The second kappa shape index (κ2) is 8.74. The molecular formula is C22H26N2O2S2. The Labute approximate surface area is 171 Å². The van der Waals surface area contributed by atoms with E-state index in [0.717, 1.165) is 42.4 Å². The zero-order chi connectivity index (χ0) is 19.4. The van der Waals surface area contributed by atoms with Gasteiger partial charge >= 0.3 is 0 Å². The highest BCUT2D eigenvalue weighted by Gasteiger charge is 2.25. The minimum absolute atomic E-state index is 0.172. The van der Waals surface area contributed by atoms with Crippen molar-refractivity contribution in [3.05, 3.63) is 70.4 Å². The maximum atomic E-state index is 13.0. The minimum atomic E-state index is -3.25. The van der Waals surface area contributed by atoms with Crippen molar-refractivity contribution in [2.75, 3.05) is 31.9 Å². The second-order valence-electron chi connectivity index (χ2n) is 7.36. The quantitative estimate of drug-likeness (QED) is 0.613. The van der Waals surface area contributed by atoms with Gasteiger partial charge < -0.3 is 0 Å². The molecule has 0 spiro atoms. The first kappa shape index (κ1) is 19.6. The van der Waals surface area contributed by atoms with Gasteiger partial charge in [0.05, 0.1) is 5.75 Å². The molecule has 148 valence electrons. The summed E-state index contributed by atoms with van der Waals surface area (Å²) in [6, 6.07) is 16.5. The van der Waals surface area contributed by atoms with Crippen LogP contribution in [0.5, 0.6) is 0 Å². The van der Waals surface area contributed by atoms with Gasteiger partial charge in [-0.1, -0.05) is 42.5 Å². The molecule has 3 aromatic rings. The van der Waals surface area contributed by atoms with Gasteiger partial charge in [-0.2, -0.15) is 11.3 Å². The fourth-order valence-corrected chi connectivity index (χ4v) is 6.07. The standard InChI is InChI=1S/C22H26N2O2S2/c25-28(26,16-10-21-7-3-6-20-5-1-2-8-22(20)21)24-12-4-11-23(13-14-24)17-19-9-15-27-18-19/h1-3,5-9,15,18H,4,10-14,16-17H2. The Bertz CT molecular complexity index is 1010. The SMILES string of the molecule is O=S(=O)(CCc1cccc2ccccc12)N1CCCN(Cc2ccsc2)CC1. The van der Waals surface area contributed by atoms with Crippen molar-refractivity contribution >= 4 is 32.1 Å². The number of nitrogens with zero attached hydrogens (tertiary/aromatic N) is 2. The van der Waals surface area contributed by atoms with Crippen LogP contribution in [0.25, 0.3) is 10.8 Å². The average Bonchev–Trinajstić information content (AvgIpc) is 3.09. The van der Waals surface area contributed by atoms with Crippen LogP contribution in [0.4, 0.5) is 0 Å². The Morgan fingerprint density at radius 1 is 0.929 bits per heavy atom. The van der Waals surface area contributed by atoms with Crippen LogP contribution in [0, 0.1) is 0 Å². The first-order valence-electron chi connectivity index (χ1n) is 9.80. The summed E-state index contributed by atoms with van der Waals surface area (Å²) in [6.45, 7) is 3.86. The van der Waals surface area contributed by atoms with Gasteiger partial charge in [0.1, 0.15) is 0 Å². The lowest BCUT2D eigenvalue weighted by Crippen LogP contribution is -2.37. The number of rotatable bonds is 6. The number of hydrogen-bond acceptors (Lipinski definition) is 4. The average molecular weight is 415 g/mol. The molecule has 0 radical (unpaired) electrons. The van der Waals surface area contributed by atoms with Crippen molar-refractivity contribution in [3.8, 4) is 0 Å². The van der Waals surface area contributed by atoms with Gasteiger partial charge in [-0.05, 0) is 58.1 Å². The predicted molar refractivity (Wildman–Crippen MR) is 117 cm³/mol. The molecule has 28 heavy (non-hydrogen) atoms. The van der Waals surface area contributed by atoms with E-state index >= 15 is 0 Å². The van der Waals surface area contributed by atoms with E-state index in [-0.39, 0.29) is 5.75 Å². The van der Waals surface area contributed by atoms with E-state index in [1.165, 1.54) is 5.56 Å². The van der Waals surface area contributed by atoms with Gasteiger partial charge in [0, 0.05) is 26.2 Å². The van der Waals surface area contributed by atoms with Gasteiger partial charge in [-0.15, -0.1) is 0 Å². The number of hydrogen-bond donors (Lipinski definition) is 0. The van der Waals surface area contributed by atoms with Crippen LogP contribution in [0.3, 0.4) is 0 Å². The zero-order valence-electron chi connectivity index (χ0n) is 16.0. The van der Waals surface area contributed by atoms with Crippen molar-refractivity contribution in [2.45, 2.75) is 19.4 Å². The van der Waals surface area contributed by atoms with Crippen LogP contribution < -0.4 is 0 Å². The van der Waals surface area contributed by atoms with Gasteiger partial charge in [0.15, 0.2) is 0 Å². The van der Waals surface area contributed by atoms with Crippen LogP contribution in [0.1, 0.15) is 17.5 Å². The molecule has 1 fully saturated rings. The second-order valence-corrected chi connectivity index (χ2v) is 10.2. The summed E-state index contributed by atoms with van der Waals surface area (Å²) < 4.78 is 27.7. The van der Waals surface area contributed by atoms with Crippen LogP contribution in [-0.2, 0) is 23.0 Å². The Hall–Kier alpha value is -1.73. The van der Waals surface area contributed by atoms with Crippen molar-refractivity contribution in [1.29, 1.82) is 0 Å². The molecule has 4 nitrogen and oxygen atoms in total. The lowest BCUT2D eigenvalue weighted by Gasteiger charge is -2.21. The van der Waals surface area contributed by atoms with E-state index in [2.05, 4.69) is 39.9 Å². The molecule has 0 unspecified atom stereocenters. The van der Waals surface area contributed by atoms with Crippen molar-refractivity contribution < 1.29 is 8.42 Å². The van der Waals surface area contributed by atoms with Gasteiger partial charge in [0.2, 0.25) is 10.0 Å². The molecule has 0 aliphatic carbocycles. The molecule has 0 N–H and O–H groups in total.